The average Bonchev–Trinajstić information content (AvgIpc) is 2.16. The van der Waals surface area contributed by atoms with Crippen LogP contribution in [0.5, 0.6) is 0 Å². The van der Waals surface area contributed by atoms with Crippen LogP contribution >= 0.6 is 0 Å². The van der Waals surface area contributed by atoms with Gasteiger partial charge >= 0.3 is 5.97 Å². The van der Waals surface area contributed by atoms with Gasteiger partial charge in [-0.25, -0.2) is 0 Å². The lowest BCUT2D eigenvalue weighted by Crippen LogP contribution is -2.39. The number of terminal acetylenes is 1. The minimum atomic E-state index is -0.776. The van der Waals surface area contributed by atoms with Crippen molar-refractivity contribution in [3.63, 3.8) is 0 Å². The van der Waals surface area contributed by atoms with Crippen molar-refractivity contribution >= 4 is 5.97 Å². The molecular weight excluding hydrogens is 168 g/mol. The molecule has 1 N–H and O–H groups in total. The van der Waals surface area contributed by atoms with Crippen LogP contribution in [0, 0.1) is 17.8 Å². The fraction of sp³-hybridized carbons (Fsp3) is 0.700. The van der Waals surface area contributed by atoms with Crippen LogP contribution in [0.4, 0.5) is 0 Å². The van der Waals surface area contributed by atoms with Crippen LogP contribution in [-0.2, 0) is 9.53 Å². The predicted octanol–water partition coefficient (Wildman–Crippen LogP) is 1.28. The molecule has 1 saturated heterocycles. The van der Waals surface area contributed by atoms with Gasteiger partial charge in [0.1, 0.15) is 0 Å². The molecular formula is C10H14O3. The standard InChI is InChI=1S/C10H14O3/c1-2-3-5-10(9(11)12)6-4-7-13-8-10/h1H,3-8H2,(H,11,12). The molecule has 0 aliphatic carbocycles. The van der Waals surface area contributed by atoms with E-state index < -0.39 is 11.4 Å². The number of carbonyl (C=O) groups is 1. The number of rotatable bonds is 3. The highest BCUT2D eigenvalue weighted by Gasteiger charge is 2.39. The molecule has 1 rings (SSSR count). The van der Waals surface area contributed by atoms with Crippen molar-refractivity contribution in [1.29, 1.82) is 0 Å². The Morgan fingerprint density at radius 2 is 2.46 bits per heavy atom. The van der Waals surface area contributed by atoms with Crippen LogP contribution in [0.3, 0.4) is 0 Å². The average molecular weight is 182 g/mol. The van der Waals surface area contributed by atoms with Gasteiger partial charge in [-0.3, -0.25) is 4.79 Å². The molecule has 13 heavy (non-hydrogen) atoms. The van der Waals surface area contributed by atoms with E-state index in [-0.39, 0.29) is 0 Å². The lowest BCUT2D eigenvalue weighted by atomic mass is 9.79. The van der Waals surface area contributed by atoms with Gasteiger partial charge in [-0.05, 0) is 19.3 Å². The van der Waals surface area contributed by atoms with Gasteiger partial charge in [0.2, 0.25) is 0 Å². The maximum atomic E-state index is 11.0. The van der Waals surface area contributed by atoms with Gasteiger partial charge in [-0.1, -0.05) is 0 Å². The third kappa shape index (κ3) is 2.22. The second kappa shape index (κ2) is 4.29. The van der Waals surface area contributed by atoms with Crippen molar-refractivity contribution in [2.24, 2.45) is 5.41 Å². The SMILES string of the molecule is C#CCCC1(C(=O)O)CCCOC1. The Morgan fingerprint density at radius 3 is 2.92 bits per heavy atom. The van der Waals surface area contributed by atoms with Crippen LogP contribution in [-0.4, -0.2) is 24.3 Å². The molecule has 1 atom stereocenters. The van der Waals surface area contributed by atoms with Crippen molar-refractivity contribution in [2.75, 3.05) is 13.2 Å². The smallest absolute Gasteiger partial charge is 0.312 e. The summed E-state index contributed by atoms with van der Waals surface area (Å²) < 4.78 is 5.19. The van der Waals surface area contributed by atoms with Gasteiger partial charge in [0.15, 0.2) is 0 Å². The molecule has 0 aromatic heterocycles. The Kier molecular flexibility index (Phi) is 3.32. The highest BCUT2D eigenvalue weighted by atomic mass is 16.5. The first-order valence-corrected chi connectivity index (χ1v) is 4.46. The van der Waals surface area contributed by atoms with Crippen molar-refractivity contribution in [3.05, 3.63) is 0 Å². The van der Waals surface area contributed by atoms with Gasteiger partial charge < -0.3 is 9.84 Å². The van der Waals surface area contributed by atoms with E-state index in [9.17, 15) is 4.79 Å². The molecule has 0 saturated carbocycles. The Bertz CT molecular complexity index is 221. The first-order valence-electron chi connectivity index (χ1n) is 4.46. The molecule has 0 spiro atoms. The van der Waals surface area contributed by atoms with Crippen molar-refractivity contribution in [3.8, 4) is 12.3 Å². The number of carboxylic acid groups (broad SMARTS) is 1. The first kappa shape index (κ1) is 10.1. The van der Waals surface area contributed by atoms with E-state index in [1.54, 1.807) is 0 Å². The van der Waals surface area contributed by atoms with Gasteiger partial charge in [0, 0.05) is 13.0 Å². The quantitative estimate of drug-likeness (QED) is 0.669. The largest absolute Gasteiger partial charge is 0.481 e. The molecule has 0 radical (unpaired) electrons. The van der Waals surface area contributed by atoms with Gasteiger partial charge in [0.25, 0.3) is 0 Å². The second-order valence-corrected chi connectivity index (χ2v) is 3.45. The Hall–Kier alpha value is -1.01. The van der Waals surface area contributed by atoms with Gasteiger partial charge in [0.05, 0.1) is 12.0 Å². The van der Waals surface area contributed by atoms with E-state index in [0.29, 0.717) is 32.5 Å². The zero-order valence-corrected chi connectivity index (χ0v) is 7.58. The number of hydrogen-bond donors (Lipinski definition) is 1. The molecule has 1 aliphatic heterocycles. The van der Waals surface area contributed by atoms with Crippen LogP contribution in [0.2, 0.25) is 0 Å². The summed E-state index contributed by atoms with van der Waals surface area (Å²) in [6.45, 7) is 0.981. The summed E-state index contributed by atoms with van der Waals surface area (Å²) in [4.78, 5) is 11.0. The monoisotopic (exact) mass is 182 g/mol. The highest BCUT2D eigenvalue weighted by Crippen LogP contribution is 2.33. The molecule has 1 aliphatic rings. The summed E-state index contributed by atoms with van der Waals surface area (Å²) in [5, 5.41) is 9.07. The molecule has 1 unspecified atom stereocenters. The van der Waals surface area contributed by atoms with E-state index in [4.69, 9.17) is 16.3 Å². The summed E-state index contributed by atoms with van der Waals surface area (Å²) in [5.74, 6) is 1.70. The van der Waals surface area contributed by atoms with Crippen molar-refractivity contribution in [1.82, 2.24) is 0 Å². The van der Waals surface area contributed by atoms with Gasteiger partial charge in [-0.15, -0.1) is 12.3 Å². The van der Waals surface area contributed by atoms with E-state index >= 15 is 0 Å². The number of aliphatic carboxylic acids is 1. The Labute approximate surface area is 78.1 Å². The molecule has 72 valence electrons. The molecule has 0 aromatic rings. The summed E-state index contributed by atoms with van der Waals surface area (Å²) in [5.41, 5.74) is -0.718. The molecule has 1 heterocycles. The zero-order valence-electron chi connectivity index (χ0n) is 7.58. The van der Waals surface area contributed by atoms with Crippen LogP contribution in [0.25, 0.3) is 0 Å². The first-order chi connectivity index (χ1) is 6.21. The number of carboxylic acids is 1. The minimum Gasteiger partial charge on any atom is -0.481 e. The van der Waals surface area contributed by atoms with Crippen LogP contribution in [0.1, 0.15) is 25.7 Å². The van der Waals surface area contributed by atoms with E-state index in [2.05, 4.69) is 5.92 Å². The number of ether oxygens (including phenoxy) is 1. The maximum Gasteiger partial charge on any atom is 0.312 e. The Balaban J connectivity index is 2.62. The van der Waals surface area contributed by atoms with Crippen molar-refractivity contribution in [2.45, 2.75) is 25.7 Å². The van der Waals surface area contributed by atoms with Crippen LogP contribution in [0.15, 0.2) is 0 Å². The van der Waals surface area contributed by atoms with Crippen molar-refractivity contribution < 1.29 is 14.6 Å². The lowest BCUT2D eigenvalue weighted by molar-refractivity contribution is -0.157. The molecule has 1 fully saturated rings. The van der Waals surface area contributed by atoms with E-state index in [1.807, 2.05) is 0 Å². The van der Waals surface area contributed by atoms with Crippen LogP contribution < -0.4 is 0 Å². The normalized spacial score (nSPS) is 27.9. The topological polar surface area (TPSA) is 46.5 Å². The van der Waals surface area contributed by atoms with Gasteiger partial charge in [-0.2, -0.15) is 0 Å². The molecule has 0 amide bonds. The summed E-state index contributed by atoms with van der Waals surface area (Å²) in [6, 6.07) is 0. The third-order valence-corrected chi connectivity index (χ3v) is 2.52. The third-order valence-electron chi connectivity index (χ3n) is 2.52. The summed E-state index contributed by atoms with van der Waals surface area (Å²) >= 11 is 0. The lowest BCUT2D eigenvalue weighted by Gasteiger charge is -2.32. The molecule has 0 aromatic carbocycles. The highest BCUT2D eigenvalue weighted by molar-refractivity contribution is 5.74. The fourth-order valence-electron chi connectivity index (χ4n) is 1.64. The maximum absolute atomic E-state index is 11.0. The van der Waals surface area contributed by atoms with E-state index in [1.165, 1.54) is 0 Å². The molecule has 3 heteroatoms. The predicted molar refractivity (Wildman–Crippen MR) is 48.2 cm³/mol. The summed E-state index contributed by atoms with van der Waals surface area (Å²) in [7, 11) is 0. The number of hydrogen-bond acceptors (Lipinski definition) is 2. The zero-order chi connectivity index (χ0) is 9.73. The Morgan fingerprint density at radius 1 is 1.69 bits per heavy atom. The fourth-order valence-corrected chi connectivity index (χ4v) is 1.64. The second-order valence-electron chi connectivity index (χ2n) is 3.45. The molecule has 3 nitrogen and oxygen atoms in total. The summed E-state index contributed by atoms with van der Waals surface area (Å²) in [6.07, 6.45) is 7.66. The molecule has 0 bridgehead atoms. The minimum absolute atomic E-state index is 0.310. The van der Waals surface area contributed by atoms with E-state index in [0.717, 1.165) is 6.42 Å².